The van der Waals surface area contributed by atoms with E-state index in [9.17, 15) is 4.79 Å². The zero-order valence-corrected chi connectivity index (χ0v) is 22.8. The van der Waals surface area contributed by atoms with Crippen LogP contribution in [0.5, 0.6) is 11.5 Å². The third-order valence-corrected chi connectivity index (χ3v) is 7.77. The number of aryl methyl sites for hydroxylation is 1. The summed E-state index contributed by atoms with van der Waals surface area (Å²) in [5.41, 5.74) is 4.50. The highest BCUT2D eigenvalue weighted by molar-refractivity contribution is 7.16. The molecule has 0 bridgehead atoms. The van der Waals surface area contributed by atoms with Crippen LogP contribution in [-0.2, 0) is 19.4 Å². The fraction of sp³-hybridized carbons (Fsp3) is 0.226. The van der Waals surface area contributed by atoms with Gasteiger partial charge in [0.1, 0.15) is 11.6 Å². The zero-order valence-electron chi connectivity index (χ0n) is 21.2. The molecule has 1 aliphatic carbocycles. The number of nitrogens with one attached hydrogen (secondary N) is 1. The van der Waals surface area contributed by atoms with Gasteiger partial charge in [0.2, 0.25) is 0 Å². The first-order chi connectivity index (χ1) is 18.6. The van der Waals surface area contributed by atoms with Gasteiger partial charge >= 0.3 is 0 Å². The predicted octanol–water partition coefficient (Wildman–Crippen LogP) is 8.26. The van der Waals surface area contributed by atoms with Gasteiger partial charge in [-0.15, -0.1) is 11.3 Å². The van der Waals surface area contributed by atoms with Crippen molar-refractivity contribution in [3.05, 3.63) is 105 Å². The minimum Gasteiger partial charge on any atom is -0.490 e. The lowest BCUT2D eigenvalue weighted by Crippen LogP contribution is -2.14. The number of benzene rings is 3. The number of hydrogen-bond donors (Lipinski definition) is 1. The molecular weight excluding hydrogens is 516 g/mol. The van der Waals surface area contributed by atoms with E-state index in [1.165, 1.54) is 4.88 Å². The van der Waals surface area contributed by atoms with Gasteiger partial charge in [0.15, 0.2) is 11.5 Å². The molecule has 0 spiro atoms. The molecule has 0 atom stereocenters. The number of para-hydroxylation sites is 1. The number of amides is 1. The van der Waals surface area contributed by atoms with Crippen LogP contribution in [0.4, 0.5) is 10.7 Å². The summed E-state index contributed by atoms with van der Waals surface area (Å²) in [7, 11) is 0. The van der Waals surface area contributed by atoms with E-state index < -0.39 is 0 Å². The Labute approximate surface area is 232 Å². The van der Waals surface area contributed by atoms with E-state index in [-0.39, 0.29) is 5.91 Å². The molecule has 1 aliphatic rings. The van der Waals surface area contributed by atoms with Gasteiger partial charge in [-0.1, -0.05) is 41.9 Å². The Balaban J connectivity index is 1.38. The minimum absolute atomic E-state index is 0.108. The van der Waals surface area contributed by atoms with Gasteiger partial charge in [0.25, 0.3) is 5.91 Å². The molecule has 0 radical (unpaired) electrons. The van der Waals surface area contributed by atoms with Crippen LogP contribution in [-0.4, -0.2) is 18.7 Å². The van der Waals surface area contributed by atoms with Crippen LogP contribution in [0.1, 0.15) is 51.7 Å². The Morgan fingerprint density at radius 1 is 1.00 bits per heavy atom. The zero-order chi connectivity index (χ0) is 26.3. The topological polar surface area (TPSA) is 59.9 Å². The number of ether oxygens (including phenoxy) is 2. The molecule has 1 aromatic heterocycles. The molecule has 0 aliphatic heterocycles. The van der Waals surface area contributed by atoms with Crippen LogP contribution in [0.3, 0.4) is 0 Å². The third kappa shape index (κ3) is 6.26. The van der Waals surface area contributed by atoms with Crippen LogP contribution in [0.25, 0.3) is 0 Å². The van der Waals surface area contributed by atoms with Gasteiger partial charge in [0.05, 0.1) is 12.2 Å². The number of carbonyl (C=O) groups excluding carboxylic acids is 1. The number of halogens is 1. The third-order valence-electron chi connectivity index (χ3n) is 6.32. The molecule has 5 rings (SSSR count). The van der Waals surface area contributed by atoms with Crippen molar-refractivity contribution in [3.8, 4) is 11.5 Å². The quantitative estimate of drug-likeness (QED) is 0.216. The lowest BCUT2D eigenvalue weighted by molar-refractivity contribution is 0.102. The molecule has 4 aromatic rings. The maximum absolute atomic E-state index is 13.3. The molecule has 0 fully saturated rings. The molecule has 0 saturated heterocycles. The molecular formula is C31H29ClN2O3S. The minimum atomic E-state index is -0.108. The van der Waals surface area contributed by atoms with Crippen molar-refractivity contribution in [2.75, 3.05) is 11.9 Å². The fourth-order valence-corrected chi connectivity index (χ4v) is 5.82. The summed E-state index contributed by atoms with van der Waals surface area (Å²) in [6.07, 6.45) is 5.93. The van der Waals surface area contributed by atoms with Gasteiger partial charge in [-0.2, -0.15) is 0 Å². The second-order valence-corrected chi connectivity index (χ2v) is 10.5. The molecule has 38 heavy (non-hydrogen) atoms. The normalized spacial score (nSPS) is 12.8. The summed E-state index contributed by atoms with van der Waals surface area (Å²) in [6.45, 7) is 2.86. The van der Waals surface area contributed by atoms with Crippen LogP contribution in [0, 0.1) is 0 Å². The van der Waals surface area contributed by atoms with Gasteiger partial charge in [-0.25, -0.2) is 4.99 Å². The van der Waals surface area contributed by atoms with Gasteiger partial charge in [-0.05, 0) is 91.8 Å². The summed E-state index contributed by atoms with van der Waals surface area (Å²) in [5.74, 6) is 1.20. The van der Waals surface area contributed by atoms with Crippen molar-refractivity contribution in [2.45, 2.75) is 39.2 Å². The lowest BCUT2D eigenvalue weighted by Gasteiger charge is -2.13. The van der Waals surface area contributed by atoms with Crippen molar-refractivity contribution < 1.29 is 14.3 Å². The molecule has 3 aromatic carbocycles. The number of anilines is 1. The summed E-state index contributed by atoms with van der Waals surface area (Å²) >= 11 is 7.61. The summed E-state index contributed by atoms with van der Waals surface area (Å²) < 4.78 is 11.9. The second kappa shape index (κ2) is 12.3. The molecule has 0 saturated carbocycles. The van der Waals surface area contributed by atoms with E-state index in [1.807, 2.05) is 79.7 Å². The molecule has 7 heteroatoms. The second-order valence-electron chi connectivity index (χ2n) is 9.02. The Kier molecular flexibility index (Phi) is 8.41. The van der Waals surface area contributed by atoms with E-state index in [0.29, 0.717) is 35.3 Å². The van der Waals surface area contributed by atoms with Gasteiger partial charge < -0.3 is 14.8 Å². The van der Waals surface area contributed by atoms with E-state index in [0.717, 1.165) is 53.1 Å². The average Bonchev–Trinajstić information content (AvgIpc) is 3.31. The Hall–Kier alpha value is -3.61. The standard InChI is InChI=1S/C31H29ClN2O3S/c1-2-36-27-18-22(14-17-26(27)37-20-21-12-15-23(32)16-13-21)19-33-31-29(25-10-6-7-11-28(25)38-31)30(35)34-24-8-4-3-5-9-24/h3-5,8-9,12-19H,2,6-7,10-11,20H2,1H3,(H,34,35). The van der Waals surface area contributed by atoms with Crippen molar-refractivity contribution in [1.82, 2.24) is 0 Å². The fourth-order valence-electron chi connectivity index (χ4n) is 4.46. The van der Waals surface area contributed by atoms with Gasteiger partial charge in [-0.3, -0.25) is 4.79 Å². The number of carbonyl (C=O) groups is 1. The number of thiophene rings is 1. The van der Waals surface area contributed by atoms with E-state index in [1.54, 1.807) is 17.6 Å². The Morgan fingerprint density at radius 2 is 1.79 bits per heavy atom. The van der Waals surface area contributed by atoms with Crippen molar-refractivity contribution in [2.24, 2.45) is 4.99 Å². The van der Waals surface area contributed by atoms with Crippen LogP contribution in [0.15, 0.2) is 77.8 Å². The smallest absolute Gasteiger partial charge is 0.259 e. The first-order valence-electron chi connectivity index (χ1n) is 12.8. The SMILES string of the molecule is CCOc1cc(C=Nc2sc3c(c2C(=O)Nc2ccccc2)CCCC3)ccc1OCc1ccc(Cl)cc1. The monoisotopic (exact) mass is 544 g/mol. The molecule has 0 unspecified atom stereocenters. The molecule has 5 nitrogen and oxygen atoms in total. The van der Waals surface area contributed by atoms with Crippen molar-refractivity contribution in [3.63, 3.8) is 0 Å². The Bertz CT molecular complexity index is 1430. The van der Waals surface area contributed by atoms with Crippen LogP contribution < -0.4 is 14.8 Å². The predicted molar refractivity (Wildman–Crippen MR) is 156 cm³/mol. The van der Waals surface area contributed by atoms with Crippen LogP contribution >= 0.6 is 22.9 Å². The van der Waals surface area contributed by atoms with E-state index in [2.05, 4.69) is 5.32 Å². The van der Waals surface area contributed by atoms with E-state index >= 15 is 0 Å². The maximum atomic E-state index is 13.3. The summed E-state index contributed by atoms with van der Waals surface area (Å²) in [6, 6.07) is 22.9. The van der Waals surface area contributed by atoms with Gasteiger partial charge in [0, 0.05) is 21.8 Å². The number of hydrogen-bond acceptors (Lipinski definition) is 5. The Morgan fingerprint density at radius 3 is 2.58 bits per heavy atom. The number of fused-ring (bicyclic) bond motifs is 1. The van der Waals surface area contributed by atoms with E-state index in [4.69, 9.17) is 26.1 Å². The number of aliphatic imine (C=N–C) groups is 1. The summed E-state index contributed by atoms with van der Waals surface area (Å²) in [5, 5.41) is 4.48. The van der Waals surface area contributed by atoms with Crippen molar-refractivity contribution >= 4 is 45.7 Å². The molecule has 1 N–H and O–H groups in total. The highest BCUT2D eigenvalue weighted by Crippen LogP contribution is 2.40. The lowest BCUT2D eigenvalue weighted by atomic mass is 9.95. The first-order valence-corrected chi connectivity index (χ1v) is 14.0. The molecule has 1 amide bonds. The number of nitrogens with zero attached hydrogens (tertiary/aromatic N) is 1. The maximum Gasteiger partial charge on any atom is 0.259 e. The summed E-state index contributed by atoms with van der Waals surface area (Å²) in [4.78, 5) is 19.4. The first kappa shape index (κ1) is 26.0. The molecule has 194 valence electrons. The largest absolute Gasteiger partial charge is 0.490 e. The molecule has 1 heterocycles. The highest BCUT2D eigenvalue weighted by Gasteiger charge is 2.25. The van der Waals surface area contributed by atoms with Crippen LogP contribution in [0.2, 0.25) is 5.02 Å². The highest BCUT2D eigenvalue weighted by atomic mass is 35.5. The average molecular weight is 545 g/mol. The number of rotatable bonds is 9. The van der Waals surface area contributed by atoms with Crippen molar-refractivity contribution in [1.29, 1.82) is 0 Å².